The van der Waals surface area contributed by atoms with Crippen molar-refractivity contribution < 1.29 is 9.90 Å². The number of hydrogen-bond acceptors (Lipinski definition) is 5. The highest BCUT2D eigenvalue weighted by molar-refractivity contribution is 7.99. The van der Waals surface area contributed by atoms with Gasteiger partial charge < -0.3 is 9.67 Å². The van der Waals surface area contributed by atoms with E-state index in [1.54, 1.807) is 12.1 Å². The second-order valence-electron chi connectivity index (χ2n) is 4.75. The highest BCUT2D eigenvalue weighted by Gasteiger charge is 2.17. The maximum atomic E-state index is 11.1. The lowest BCUT2D eigenvalue weighted by Crippen LogP contribution is -2.04. The Balaban J connectivity index is 1.89. The summed E-state index contributed by atoms with van der Waals surface area (Å²) in [5.74, 6) is -0.148. The van der Waals surface area contributed by atoms with Crippen molar-refractivity contribution in [2.45, 2.75) is 42.4 Å². The van der Waals surface area contributed by atoms with Crippen molar-refractivity contribution >= 4 is 29.3 Å². The molecule has 0 atom stereocenters. The van der Waals surface area contributed by atoms with E-state index in [9.17, 15) is 4.79 Å². The summed E-state index contributed by atoms with van der Waals surface area (Å²) in [5, 5.41) is 18.9. The minimum absolute atomic E-state index is 0.131. The van der Waals surface area contributed by atoms with E-state index in [2.05, 4.69) is 19.7 Å². The van der Waals surface area contributed by atoms with Gasteiger partial charge in [0.15, 0.2) is 10.9 Å². The average molecular weight is 325 g/mol. The Bertz CT molecular complexity index is 689. The van der Waals surface area contributed by atoms with Gasteiger partial charge in [0, 0.05) is 13.0 Å². The maximum Gasteiger partial charge on any atom is 0.356 e. The van der Waals surface area contributed by atoms with Crippen LogP contribution in [0.25, 0.3) is 0 Å². The molecule has 2 aromatic heterocycles. The molecule has 0 unspecified atom stereocenters. The zero-order valence-corrected chi connectivity index (χ0v) is 12.7. The first-order valence-corrected chi connectivity index (χ1v) is 7.84. The number of nitrogens with zero attached hydrogens (tertiary/aromatic N) is 4. The summed E-state index contributed by atoms with van der Waals surface area (Å²) in [7, 11) is 0. The highest BCUT2D eigenvalue weighted by atomic mass is 35.5. The molecule has 1 aliphatic rings. The Labute approximate surface area is 130 Å². The van der Waals surface area contributed by atoms with Crippen molar-refractivity contribution in [2.24, 2.45) is 0 Å². The Morgan fingerprint density at radius 3 is 2.95 bits per heavy atom. The molecule has 0 aliphatic carbocycles. The molecule has 0 aromatic carbocycles. The molecule has 3 heterocycles. The topological polar surface area (TPSA) is 80.9 Å². The fourth-order valence-electron chi connectivity index (χ4n) is 2.26. The lowest BCUT2D eigenvalue weighted by molar-refractivity contribution is 0.0690. The van der Waals surface area contributed by atoms with Crippen LogP contribution in [0.5, 0.6) is 0 Å². The monoisotopic (exact) mass is 324 g/mol. The van der Waals surface area contributed by atoms with Crippen LogP contribution in [0.15, 0.2) is 22.3 Å². The number of pyridine rings is 1. The zero-order valence-electron chi connectivity index (χ0n) is 11.1. The van der Waals surface area contributed by atoms with Crippen LogP contribution in [0.4, 0.5) is 0 Å². The molecule has 0 saturated carbocycles. The minimum Gasteiger partial charge on any atom is -0.476 e. The fraction of sp³-hybridized carbons (Fsp3) is 0.385. The molecule has 0 fully saturated rings. The predicted molar refractivity (Wildman–Crippen MR) is 77.9 cm³/mol. The largest absolute Gasteiger partial charge is 0.476 e. The number of carboxylic acid groups (broad SMARTS) is 1. The van der Waals surface area contributed by atoms with Crippen molar-refractivity contribution in [1.82, 2.24) is 19.7 Å². The van der Waals surface area contributed by atoms with E-state index >= 15 is 0 Å². The molecule has 0 bridgehead atoms. The molecule has 0 radical (unpaired) electrons. The number of fused-ring (bicyclic) bond motifs is 1. The molecule has 0 saturated heterocycles. The van der Waals surface area contributed by atoms with Gasteiger partial charge in [0.05, 0.1) is 5.02 Å². The lowest BCUT2D eigenvalue weighted by atomic mass is 10.2. The normalized spacial score (nSPS) is 14.5. The molecule has 110 valence electrons. The molecule has 8 heteroatoms. The van der Waals surface area contributed by atoms with Crippen molar-refractivity contribution in [3.8, 4) is 0 Å². The van der Waals surface area contributed by atoms with Crippen molar-refractivity contribution in [1.29, 1.82) is 0 Å². The summed E-state index contributed by atoms with van der Waals surface area (Å²) in [6.45, 7) is 0.893. The van der Waals surface area contributed by atoms with Gasteiger partial charge in [-0.2, -0.15) is 0 Å². The highest BCUT2D eigenvalue weighted by Crippen LogP contribution is 2.28. The SMILES string of the molecule is O=C(O)c1nc(Sc2nnc3n2CCCCC3)ccc1Cl. The first kappa shape index (κ1) is 14.3. The quantitative estimate of drug-likeness (QED) is 0.935. The molecule has 21 heavy (non-hydrogen) atoms. The summed E-state index contributed by atoms with van der Waals surface area (Å²) < 4.78 is 2.09. The lowest BCUT2D eigenvalue weighted by Gasteiger charge is -2.06. The molecule has 1 aliphatic heterocycles. The smallest absolute Gasteiger partial charge is 0.356 e. The van der Waals surface area contributed by atoms with E-state index in [1.165, 1.54) is 18.2 Å². The Morgan fingerprint density at radius 1 is 1.29 bits per heavy atom. The van der Waals surface area contributed by atoms with Gasteiger partial charge in [-0.15, -0.1) is 10.2 Å². The van der Waals surface area contributed by atoms with Gasteiger partial charge in [-0.05, 0) is 36.7 Å². The van der Waals surface area contributed by atoms with Crippen molar-refractivity contribution in [3.63, 3.8) is 0 Å². The summed E-state index contributed by atoms with van der Waals surface area (Å²) in [6.07, 6.45) is 4.36. The van der Waals surface area contributed by atoms with Crippen LogP contribution in [-0.4, -0.2) is 30.8 Å². The third kappa shape index (κ3) is 3.03. The molecule has 6 nitrogen and oxygen atoms in total. The van der Waals surface area contributed by atoms with Crippen LogP contribution in [0.3, 0.4) is 0 Å². The number of carbonyl (C=O) groups is 1. The fourth-order valence-corrected chi connectivity index (χ4v) is 3.29. The number of aryl methyl sites for hydroxylation is 1. The first-order chi connectivity index (χ1) is 10.1. The number of aromatic carboxylic acids is 1. The third-order valence-corrected chi connectivity index (χ3v) is 4.52. The van der Waals surface area contributed by atoms with Crippen molar-refractivity contribution in [3.05, 3.63) is 28.7 Å². The number of rotatable bonds is 3. The summed E-state index contributed by atoms with van der Waals surface area (Å²) in [5.41, 5.74) is -0.141. The summed E-state index contributed by atoms with van der Waals surface area (Å²) in [6, 6.07) is 3.23. The van der Waals surface area contributed by atoms with E-state index in [0.29, 0.717) is 5.03 Å². The van der Waals surface area contributed by atoms with Crippen LogP contribution in [0, 0.1) is 0 Å². The van der Waals surface area contributed by atoms with Gasteiger partial charge in [-0.3, -0.25) is 0 Å². The predicted octanol–water partition coefficient (Wildman–Crippen LogP) is 2.90. The van der Waals surface area contributed by atoms with E-state index in [4.69, 9.17) is 16.7 Å². The van der Waals surface area contributed by atoms with Crippen LogP contribution >= 0.6 is 23.4 Å². The minimum atomic E-state index is -1.14. The van der Waals surface area contributed by atoms with Crippen LogP contribution in [0.1, 0.15) is 35.6 Å². The Morgan fingerprint density at radius 2 is 2.14 bits per heavy atom. The number of hydrogen-bond donors (Lipinski definition) is 1. The van der Waals surface area contributed by atoms with E-state index < -0.39 is 5.97 Å². The van der Waals surface area contributed by atoms with Gasteiger partial charge in [0.2, 0.25) is 0 Å². The molecular formula is C13H13ClN4O2S. The maximum absolute atomic E-state index is 11.1. The Kier molecular flexibility index (Phi) is 4.12. The van der Waals surface area contributed by atoms with E-state index in [-0.39, 0.29) is 10.7 Å². The first-order valence-electron chi connectivity index (χ1n) is 6.65. The van der Waals surface area contributed by atoms with E-state index in [0.717, 1.165) is 36.8 Å². The number of aromatic nitrogens is 4. The van der Waals surface area contributed by atoms with Crippen molar-refractivity contribution in [2.75, 3.05) is 0 Å². The molecule has 0 amide bonds. The second kappa shape index (κ2) is 6.03. The molecule has 2 aromatic rings. The second-order valence-corrected chi connectivity index (χ2v) is 6.14. The summed E-state index contributed by atoms with van der Waals surface area (Å²) in [4.78, 5) is 15.1. The van der Waals surface area contributed by atoms with Crippen LogP contribution < -0.4 is 0 Å². The van der Waals surface area contributed by atoms with Gasteiger partial charge in [-0.25, -0.2) is 9.78 Å². The number of carboxylic acids is 1. The van der Waals surface area contributed by atoms with Gasteiger partial charge in [-0.1, -0.05) is 18.0 Å². The number of halogens is 1. The molecule has 3 rings (SSSR count). The molecular weight excluding hydrogens is 312 g/mol. The average Bonchev–Trinajstić information content (AvgIpc) is 2.69. The Hall–Kier alpha value is -1.60. The van der Waals surface area contributed by atoms with Crippen LogP contribution in [0.2, 0.25) is 5.02 Å². The molecule has 0 spiro atoms. The summed E-state index contributed by atoms with van der Waals surface area (Å²) >= 11 is 7.14. The molecule has 1 N–H and O–H groups in total. The van der Waals surface area contributed by atoms with Gasteiger partial charge in [0.1, 0.15) is 10.9 Å². The van der Waals surface area contributed by atoms with Crippen LogP contribution in [-0.2, 0) is 13.0 Å². The van der Waals surface area contributed by atoms with Gasteiger partial charge in [0.25, 0.3) is 0 Å². The standard InChI is InChI=1S/C13H13ClN4O2S/c14-8-5-6-10(15-11(8)12(19)20)21-13-17-16-9-4-2-1-3-7-18(9)13/h5-6H,1-4,7H2,(H,19,20). The third-order valence-electron chi connectivity index (χ3n) is 3.29. The van der Waals surface area contributed by atoms with Gasteiger partial charge >= 0.3 is 5.97 Å². The van der Waals surface area contributed by atoms with E-state index in [1.807, 2.05) is 0 Å². The zero-order chi connectivity index (χ0) is 14.8.